The molecule has 1 aromatic heterocycles. The van der Waals surface area contributed by atoms with Crippen molar-refractivity contribution in [3.05, 3.63) is 107 Å². The van der Waals surface area contributed by atoms with E-state index in [0.29, 0.717) is 26.2 Å². The van der Waals surface area contributed by atoms with Gasteiger partial charge >= 0.3 is 5.97 Å². The van der Waals surface area contributed by atoms with Crippen molar-refractivity contribution in [3.8, 4) is 0 Å². The summed E-state index contributed by atoms with van der Waals surface area (Å²) in [4.78, 5) is 56.5. The van der Waals surface area contributed by atoms with Crippen LogP contribution >= 0.6 is 21.6 Å². The lowest BCUT2D eigenvalue weighted by Gasteiger charge is -2.22. The molecule has 3 rings (SSSR count). The Morgan fingerprint density at radius 3 is 1.64 bits per heavy atom. The fraction of sp³-hybridized carbons (Fsp3) is 0.349. The number of carboxylic acid groups (broad SMARTS) is 2. The molecule has 2 atom stereocenters. The fourth-order valence-corrected chi connectivity index (χ4v) is 7.81. The third-order valence-corrected chi connectivity index (χ3v) is 11.2. The number of aliphatic hydroxyl groups excluding tert-OH is 4. The Kier molecular flexibility index (Phi) is 23.0. The molecule has 1 heterocycles. The van der Waals surface area contributed by atoms with Gasteiger partial charge in [-0.15, -0.1) is 0 Å². The predicted molar refractivity (Wildman–Crippen MR) is 239 cm³/mol. The first-order chi connectivity index (χ1) is 29.5. The third-order valence-electron chi connectivity index (χ3n) is 8.73. The number of hydrogen-bond donors (Lipinski definition) is 7. The lowest BCUT2D eigenvalue weighted by atomic mass is 10.1. The first-order valence-corrected chi connectivity index (χ1v) is 21.9. The van der Waals surface area contributed by atoms with Crippen LogP contribution in [0.1, 0.15) is 23.6 Å². The molecule has 0 aliphatic carbocycles. The van der Waals surface area contributed by atoms with Gasteiger partial charge in [0.2, 0.25) is 12.5 Å². The van der Waals surface area contributed by atoms with Crippen molar-refractivity contribution in [2.45, 2.75) is 25.6 Å². The summed E-state index contributed by atoms with van der Waals surface area (Å²) in [6.45, 7) is 2.97. The van der Waals surface area contributed by atoms with Gasteiger partial charge in [-0.2, -0.15) is 4.57 Å². The molecule has 2 aromatic carbocycles. The molecule has 0 saturated heterocycles. The standard InChI is InChI=1S/C43H54N6O10S2/c1-32(2-3-33-6-10-36(11-7-33)48(20-24-50)21-25-51)14-17-44-28-40(54)45-38(42(56)57)30-60-61-31-39(43(58)59)46-41(55)29-47-18-15-35(16-19-47)5-4-34-8-12-37(13-9-34)49(22-26-52)23-27-53/h2-19,38-39,50-53H,20-31H2,1H3,(H3-,45,46,54,55,56,57,58,59)/b3-2+,32-14+,44-17+. The number of aliphatic imine (C=N–C) groups is 1. The number of pyridine rings is 1. The minimum atomic E-state index is -1.49. The maximum atomic E-state index is 12.7. The van der Waals surface area contributed by atoms with Gasteiger partial charge < -0.3 is 55.9 Å². The zero-order valence-electron chi connectivity index (χ0n) is 33.9. The lowest BCUT2D eigenvalue weighted by molar-refractivity contribution is -0.684. The number of carbonyl (C=O) groups is 4. The van der Waals surface area contributed by atoms with Crippen molar-refractivity contribution in [1.29, 1.82) is 0 Å². The predicted octanol–water partition coefficient (Wildman–Crippen LogP) is 0.643. The summed E-state index contributed by atoms with van der Waals surface area (Å²) in [7, 11) is 2.05. The van der Waals surface area contributed by atoms with E-state index in [1.807, 2.05) is 89.6 Å². The van der Waals surface area contributed by atoms with E-state index in [2.05, 4.69) is 15.6 Å². The molecule has 0 aliphatic heterocycles. The Balaban J connectivity index is 1.40. The average Bonchev–Trinajstić information content (AvgIpc) is 3.25. The van der Waals surface area contributed by atoms with Gasteiger partial charge in [0.25, 0.3) is 5.91 Å². The van der Waals surface area contributed by atoms with E-state index in [9.17, 15) is 49.8 Å². The molecule has 2 unspecified atom stereocenters. The number of amides is 2. The molecular formula is C43H54N6O10S2. The van der Waals surface area contributed by atoms with Gasteiger partial charge in [-0.05, 0) is 59.5 Å². The van der Waals surface area contributed by atoms with Crippen LogP contribution in [0.15, 0.2) is 95.8 Å². The summed E-state index contributed by atoms with van der Waals surface area (Å²) in [6.07, 6.45) is 14.1. The number of aliphatic carboxylic acids is 2. The van der Waals surface area contributed by atoms with Crippen molar-refractivity contribution in [3.63, 3.8) is 0 Å². The number of carboxylic acids is 2. The number of aliphatic hydroxyl groups is 4. The van der Waals surface area contributed by atoms with E-state index < -0.39 is 35.8 Å². The Bertz CT molecular complexity index is 1930. The van der Waals surface area contributed by atoms with Crippen LogP contribution in [0.4, 0.5) is 11.4 Å². The maximum Gasteiger partial charge on any atom is 0.327 e. The van der Waals surface area contributed by atoms with Gasteiger partial charge in [-0.25, -0.2) is 4.79 Å². The summed E-state index contributed by atoms with van der Waals surface area (Å²) >= 11 is 0. The van der Waals surface area contributed by atoms with Crippen molar-refractivity contribution in [2.75, 3.05) is 80.5 Å². The summed E-state index contributed by atoms with van der Waals surface area (Å²) in [5.41, 5.74) is 5.36. The molecule has 0 fully saturated rings. The number of nitrogens with one attached hydrogen (secondary N) is 2. The van der Waals surface area contributed by atoms with Crippen LogP contribution < -0.4 is 30.1 Å². The minimum Gasteiger partial charge on any atom is -0.548 e. The summed E-state index contributed by atoms with van der Waals surface area (Å²) in [6, 6.07) is 16.3. The van der Waals surface area contributed by atoms with Crippen LogP contribution in [0, 0.1) is 0 Å². The van der Waals surface area contributed by atoms with Crippen LogP contribution in [0.2, 0.25) is 0 Å². The fourth-order valence-electron chi connectivity index (χ4n) is 5.50. The highest BCUT2D eigenvalue weighted by Gasteiger charge is 2.21. The average molecular weight is 879 g/mol. The number of aromatic nitrogens is 1. The van der Waals surface area contributed by atoms with E-state index in [4.69, 9.17) is 0 Å². The molecule has 2 amide bonds. The zero-order valence-corrected chi connectivity index (χ0v) is 35.5. The Labute approximate surface area is 363 Å². The quantitative estimate of drug-likeness (QED) is 0.0174. The molecule has 3 aromatic rings. The van der Waals surface area contributed by atoms with Crippen LogP contribution in [-0.2, 0) is 25.7 Å². The van der Waals surface area contributed by atoms with Crippen LogP contribution in [0.25, 0.3) is 18.2 Å². The highest BCUT2D eigenvalue weighted by atomic mass is 33.1. The van der Waals surface area contributed by atoms with Crippen molar-refractivity contribution in [1.82, 2.24) is 10.6 Å². The molecule has 328 valence electrons. The van der Waals surface area contributed by atoms with E-state index in [-0.39, 0.29) is 51.0 Å². The number of allylic oxidation sites excluding steroid dienone is 3. The Morgan fingerprint density at radius 2 is 1.16 bits per heavy atom. The van der Waals surface area contributed by atoms with Gasteiger partial charge in [0.05, 0.1) is 38.4 Å². The second kappa shape index (κ2) is 28.1. The van der Waals surface area contributed by atoms with Crippen molar-refractivity contribution >= 4 is 81.2 Å². The van der Waals surface area contributed by atoms with Gasteiger partial charge in [0.15, 0.2) is 12.4 Å². The van der Waals surface area contributed by atoms with Crippen LogP contribution in [-0.4, -0.2) is 138 Å². The highest BCUT2D eigenvalue weighted by molar-refractivity contribution is 8.76. The molecule has 61 heavy (non-hydrogen) atoms. The van der Waals surface area contributed by atoms with Crippen molar-refractivity contribution in [2.24, 2.45) is 4.99 Å². The summed E-state index contributed by atoms with van der Waals surface area (Å²) < 4.78 is 1.59. The van der Waals surface area contributed by atoms with Gasteiger partial charge in [0.1, 0.15) is 12.6 Å². The molecule has 16 nitrogen and oxygen atoms in total. The van der Waals surface area contributed by atoms with Gasteiger partial charge in [-0.1, -0.05) is 70.2 Å². The monoisotopic (exact) mass is 878 g/mol. The summed E-state index contributed by atoms with van der Waals surface area (Å²) in [5, 5.41) is 63.3. The SMILES string of the molecule is CC(/C=C/c1ccc(N(CCO)CCO)cc1)=C\C=N\CC(=O)NC(CSSCC(NC(=O)C[n+]1ccc(/C=C/c2ccc(N(CCO)CCO)cc2)cc1)C(=O)[O-])C(=O)O. The molecular weight excluding hydrogens is 825 g/mol. The largest absolute Gasteiger partial charge is 0.548 e. The minimum absolute atomic E-state index is 0.0213. The number of benzene rings is 2. The zero-order chi connectivity index (χ0) is 44.4. The van der Waals surface area contributed by atoms with E-state index in [1.165, 1.54) is 6.21 Å². The summed E-state index contributed by atoms with van der Waals surface area (Å²) in [5.74, 6) is -4.13. The van der Waals surface area contributed by atoms with Gasteiger partial charge in [-0.3, -0.25) is 14.6 Å². The molecule has 0 bridgehead atoms. The Hall–Kier alpha value is -5.50. The smallest absolute Gasteiger partial charge is 0.327 e. The third kappa shape index (κ3) is 19.2. The van der Waals surface area contributed by atoms with E-state index >= 15 is 0 Å². The Morgan fingerprint density at radius 1 is 0.705 bits per heavy atom. The van der Waals surface area contributed by atoms with E-state index in [0.717, 1.165) is 55.2 Å². The van der Waals surface area contributed by atoms with Gasteiger partial charge in [0, 0.05) is 67.4 Å². The molecule has 7 N–H and O–H groups in total. The lowest BCUT2D eigenvalue weighted by Crippen LogP contribution is -2.52. The normalized spacial score (nSPS) is 12.8. The highest BCUT2D eigenvalue weighted by Crippen LogP contribution is 2.23. The second-order valence-electron chi connectivity index (χ2n) is 13.4. The number of carbonyl (C=O) groups excluding carboxylic acids is 3. The number of nitrogens with zero attached hydrogens (tertiary/aromatic N) is 4. The first-order valence-electron chi connectivity index (χ1n) is 19.4. The molecule has 0 radical (unpaired) electrons. The van der Waals surface area contributed by atoms with Crippen LogP contribution in [0.5, 0.6) is 0 Å². The molecule has 0 saturated carbocycles. The first kappa shape index (κ1) is 49.9. The van der Waals surface area contributed by atoms with E-state index in [1.54, 1.807) is 35.2 Å². The second-order valence-corrected chi connectivity index (χ2v) is 15.9. The molecule has 0 aliphatic rings. The molecule has 18 heteroatoms. The van der Waals surface area contributed by atoms with Crippen LogP contribution in [0.3, 0.4) is 0 Å². The van der Waals surface area contributed by atoms with Crippen molar-refractivity contribution < 1.29 is 54.4 Å². The number of hydrogen-bond acceptors (Lipinski definition) is 14. The number of rotatable bonds is 28. The molecule has 0 spiro atoms. The topological polar surface area (TPSA) is 239 Å². The maximum absolute atomic E-state index is 12.7. The number of anilines is 2.